The first-order valence-corrected chi connectivity index (χ1v) is 5.18. The van der Waals surface area contributed by atoms with Crippen LogP contribution >= 0.6 is 0 Å². The Hall–Kier alpha value is -0.770. The molecule has 0 aromatic heterocycles. The number of hydrogen-bond donors (Lipinski definition) is 3. The maximum absolute atomic E-state index is 11.4. The van der Waals surface area contributed by atoms with E-state index >= 15 is 0 Å². The Morgan fingerprint density at radius 3 is 2.43 bits per heavy atom. The minimum Gasteiger partial charge on any atom is -0.391 e. The van der Waals surface area contributed by atoms with E-state index in [1.54, 1.807) is 20.8 Å². The van der Waals surface area contributed by atoms with Gasteiger partial charge in [0.15, 0.2) is 0 Å². The van der Waals surface area contributed by atoms with Crippen LogP contribution in [0.4, 0.5) is 4.79 Å². The summed E-state index contributed by atoms with van der Waals surface area (Å²) in [5, 5.41) is 15.0. The third-order valence-corrected chi connectivity index (χ3v) is 2.92. The molecule has 4 nitrogen and oxygen atoms in total. The third kappa shape index (κ3) is 2.87. The molecule has 1 aliphatic rings. The quantitative estimate of drug-likeness (QED) is 0.636. The highest BCUT2D eigenvalue weighted by Crippen LogP contribution is 2.18. The molecule has 0 bridgehead atoms. The summed E-state index contributed by atoms with van der Waals surface area (Å²) in [4.78, 5) is 11.4. The first kappa shape index (κ1) is 11.3. The van der Waals surface area contributed by atoms with Gasteiger partial charge in [-0.1, -0.05) is 0 Å². The molecule has 2 amide bonds. The Labute approximate surface area is 85.1 Å². The highest BCUT2D eigenvalue weighted by Gasteiger charge is 2.27. The van der Waals surface area contributed by atoms with Gasteiger partial charge in [-0.25, -0.2) is 4.79 Å². The molecule has 0 aromatic rings. The standard InChI is InChI=1S/C10H20N2O2/c1-7(13)10(2,3)12-9(14)11-8-5-4-6-8/h7-8,13H,4-6H2,1-3H3,(H2,11,12,14). The Balaban J connectivity index is 2.31. The van der Waals surface area contributed by atoms with Crippen LogP contribution in [0.25, 0.3) is 0 Å². The topological polar surface area (TPSA) is 61.4 Å². The van der Waals surface area contributed by atoms with Crippen LogP contribution in [0.3, 0.4) is 0 Å². The van der Waals surface area contributed by atoms with Crippen molar-refractivity contribution >= 4 is 6.03 Å². The molecule has 1 fully saturated rings. The molecular weight excluding hydrogens is 180 g/mol. The molecular formula is C10H20N2O2. The first-order chi connectivity index (χ1) is 6.42. The van der Waals surface area contributed by atoms with E-state index in [9.17, 15) is 9.90 Å². The van der Waals surface area contributed by atoms with Gasteiger partial charge in [0.1, 0.15) is 0 Å². The first-order valence-electron chi connectivity index (χ1n) is 5.18. The maximum Gasteiger partial charge on any atom is 0.315 e. The average molecular weight is 200 g/mol. The van der Waals surface area contributed by atoms with Crippen molar-refractivity contribution in [2.24, 2.45) is 0 Å². The van der Waals surface area contributed by atoms with Gasteiger partial charge in [0.05, 0.1) is 11.6 Å². The fourth-order valence-electron chi connectivity index (χ4n) is 1.17. The molecule has 0 saturated heterocycles. The number of carbonyl (C=O) groups is 1. The predicted molar refractivity (Wildman–Crippen MR) is 55.1 cm³/mol. The fraction of sp³-hybridized carbons (Fsp3) is 0.900. The molecule has 14 heavy (non-hydrogen) atoms. The second-order valence-electron chi connectivity index (χ2n) is 4.62. The number of amides is 2. The monoisotopic (exact) mass is 200 g/mol. The van der Waals surface area contributed by atoms with Crippen LogP contribution in [0.5, 0.6) is 0 Å². The zero-order valence-corrected chi connectivity index (χ0v) is 9.13. The molecule has 1 saturated carbocycles. The summed E-state index contributed by atoms with van der Waals surface area (Å²) in [5.41, 5.74) is -0.576. The molecule has 0 spiro atoms. The second kappa shape index (κ2) is 4.17. The molecule has 3 N–H and O–H groups in total. The van der Waals surface area contributed by atoms with E-state index in [1.165, 1.54) is 6.42 Å². The Kier molecular flexibility index (Phi) is 3.37. The number of nitrogens with one attached hydrogen (secondary N) is 2. The second-order valence-corrected chi connectivity index (χ2v) is 4.62. The smallest absolute Gasteiger partial charge is 0.315 e. The van der Waals surface area contributed by atoms with Crippen LogP contribution in [-0.4, -0.2) is 28.8 Å². The molecule has 1 rings (SSSR count). The van der Waals surface area contributed by atoms with Crippen molar-refractivity contribution in [3.05, 3.63) is 0 Å². The molecule has 1 atom stereocenters. The van der Waals surface area contributed by atoms with Gasteiger partial charge in [-0.2, -0.15) is 0 Å². The normalized spacial score (nSPS) is 19.7. The largest absolute Gasteiger partial charge is 0.391 e. The van der Waals surface area contributed by atoms with E-state index in [0.29, 0.717) is 6.04 Å². The van der Waals surface area contributed by atoms with Gasteiger partial charge >= 0.3 is 6.03 Å². The molecule has 82 valence electrons. The van der Waals surface area contributed by atoms with E-state index in [-0.39, 0.29) is 6.03 Å². The Bertz CT molecular complexity index is 210. The predicted octanol–water partition coefficient (Wildman–Crippen LogP) is 0.997. The van der Waals surface area contributed by atoms with E-state index < -0.39 is 11.6 Å². The van der Waals surface area contributed by atoms with Crippen LogP contribution in [0.2, 0.25) is 0 Å². The zero-order chi connectivity index (χ0) is 10.8. The van der Waals surface area contributed by atoms with Crippen LogP contribution < -0.4 is 10.6 Å². The summed E-state index contributed by atoms with van der Waals surface area (Å²) in [6.45, 7) is 5.28. The van der Waals surface area contributed by atoms with Gasteiger partial charge < -0.3 is 15.7 Å². The average Bonchev–Trinajstić information content (AvgIpc) is 1.96. The van der Waals surface area contributed by atoms with E-state index in [4.69, 9.17) is 0 Å². The summed E-state index contributed by atoms with van der Waals surface area (Å²) in [6.07, 6.45) is 2.78. The highest BCUT2D eigenvalue weighted by atomic mass is 16.3. The van der Waals surface area contributed by atoms with Gasteiger partial charge in [0.25, 0.3) is 0 Å². The van der Waals surface area contributed by atoms with E-state index in [0.717, 1.165) is 12.8 Å². The van der Waals surface area contributed by atoms with Gasteiger partial charge in [-0.15, -0.1) is 0 Å². The van der Waals surface area contributed by atoms with E-state index in [2.05, 4.69) is 10.6 Å². The molecule has 1 unspecified atom stereocenters. The summed E-state index contributed by atoms with van der Waals surface area (Å²) in [5.74, 6) is 0. The van der Waals surface area contributed by atoms with Gasteiger partial charge in [-0.3, -0.25) is 0 Å². The van der Waals surface area contributed by atoms with E-state index in [1.807, 2.05) is 0 Å². The molecule has 0 aliphatic heterocycles. The maximum atomic E-state index is 11.4. The molecule has 0 aromatic carbocycles. The van der Waals surface area contributed by atoms with Crippen molar-refractivity contribution in [3.63, 3.8) is 0 Å². The van der Waals surface area contributed by atoms with Gasteiger partial charge in [0, 0.05) is 6.04 Å². The number of hydrogen-bond acceptors (Lipinski definition) is 2. The van der Waals surface area contributed by atoms with Crippen LogP contribution in [0.15, 0.2) is 0 Å². The van der Waals surface area contributed by atoms with Crippen molar-refractivity contribution in [1.29, 1.82) is 0 Å². The number of carbonyl (C=O) groups excluding carboxylic acids is 1. The van der Waals surface area contributed by atoms with Crippen molar-refractivity contribution in [3.8, 4) is 0 Å². The zero-order valence-electron chi connectivity index (χ0n) is 9.13. The molecule has 0 heterocycles. The summed E-state index contributed by atoms with van der Waals surface area (Å²) < 4.78 is 0. The number of aliphatic hydroxyl groups is 1. The van der Waals surface area contributed by atoms with Gasteiger partial charge in [-0.05, 0) is 40.0 Å². The van der Waals surface area contributed by atoms with Crippen molar-refractivity contribution < 1.29 is 9.90 Å². The minimum atomic E-state index is -0.576. The Morgan fingerprint density at radius 2 is 2.07 bits per heavy atom. The molecule has 4 heteroatoms. The lowest BCUT2D eigenvalue weighted by molar-refractivity contribution is 0.100. The molecule has 0 radical (unpaired) electrons. The number of urea groups is 1. The summed E-state index contributed by atoms with van der Waals surface area (Å²) >= 11 is 0. The Morgan fingerprint density at radius 1 is 1.50 bits per heavy atom. The van der Waals surface area contributed by atoms with Gasteiger partial charge in [0.2, 0.25) is 0 Å². The van der Waals surface area contributed by atoms with Crippen LogP contribution in [-0.2, 0) is 0 Å². The third-order valence-electron chi connectivity index (χ3n) is 2.92. The lowest BCUT2D eigenvalue weighted by Crippen LogP contribution is -2.56. The fourth-order valence-corrected chi connectivity index (χ4v) is 1.17. The lowest BCUT2D eigenvalue weighted by Gasteiger charge is -2.32. The lowest BCUT2D eigenvalue weighted by atomic mass is 9.93. The minimum absolute atomic E-state index is 0.180. The number of rotatable bonds is 3. The summed E-state index contributed by atoms with van der Waals surface area (Å²) in [6, 6.07) is 0.153. The SMILES string of the molecule is CC(O)C(C)(C)NC(=O)NC1CCC1. The number of aliphatic hydroxyl groups excluding tert-OH is 1. The van der Waals surface area contributed by atoms with Crippen molar-refractivity contribution in [2.45, 2.75) is 57.7 Å². The van der Waals surface area contributed by atoms with Crippen molar-refractivity contribution in [1.82, 2.24) is 10.6 Å². The molecule has 1 aliphatic carbocycles. The van der Waals surface area contributed by atoms with Crippen molar-refractivity contribution in [2.75, 3.05) is 0 Å². The summed E-state index contributed by atoms with van der Waals surface area (Å²) in [7, 11) is 0. The van der Waals surface area contributed by atoms with Crippen LogP contribution in [0.1, 0.15) is 40.0 Å². The highest BCUT2D eigenvalue weighted by molar-refractivity contribution is 5.75. The van der Waals surface area contributed by atoms with Crippen LogP contribution in [0, 0.1) is 0 Å².